The van der Waals surface area contributed by atoms with Crippen molar-refractivity contribution in [2.75, 3.05) is 23.3 Å². The Labute approximate surface area is 147 Å². The van der Waals surface area contributed by atoms with Gasteiger partial charge in [-0.05, 0) is 36.8 Å². The maximum absolute atomic E-state index is 12.7. The molecule has 1 amide bonds. The number of hydrogen-bond donors (Lipinski definition) is 1. The summed E-state index contributed by atoms with van der Waals surface area (Å²) in [6.45, 7) is 8.19. The van der Waals surface area contributed by atoms with Gasteiger partial charge in [0.15, 0.2) is 5.13 Å². The second-order valence-corrected chi connectivity index (χ2v) is 7.63. The summed E-state index contributed by atoms with van der Waals surface area (Å²) in [5, 5.41) is 6.27. The van der Waals surface area contributed by atoms with Gasteiger partial charge in [-0.25, -0.2) is 4.98 Å². The molecule has 2 heterocycles. The van der Waals surface area contributed by atoms with Gasteiger partial charge < -0.3 is 10.2 Å². The highest BCUT2D eigenvalue weighted by atomic mass is 32.1. The van der Waals surface area contributed by atoms with E-state index < -0.39 is 0 Å². The number of nitrogens with zero attached hydrogens (tertiary/aromatic N) is 2. The summed E-state index contributed by atoms with van der Waals surface area (Å²) in [6, 6.07) is 6.23. The van der Waals surface area contributed by atoms with Crippen LogP contribution in [0.2, 0.25) is 0 Å². The van der Waals surface area contributed by atoms with Crippen LogP contribution in [-0.2, 0) is 4.79 Å². The number of thiazole rings is 1. The normalized spacial score (nSPS) is 15.8. The van der Waals surface area contributed by atoms with E-state index in [1.54, 1.807) is 11.3 Å². The molecule has 1 aromatic carbocycles. The molecule has 2 aromatic rings. The number of amides is 1. The zero-order valence-electron chi connectivity index (χ0n) is 14.6. The van der Waals surface area contributed by atoms with E-state index >= 15 is 0 Å². The van der Waals surface area contributed by atoms with Crippen LogP contribution in [0, 0.1) is 12.8 Å². The molecule has 5 heteroatoms. The first kappa shape index (κ1) is 17.0. The number of carbonyl (C=O) groups is 1. The summed E-state index contributed by atoms with van der Waals surface area (Å²) < 4.78 is 0. The van der Waals surface area contributed by atoms with E-state index in [1.165, 1.54) is 5.56 Å². The van der Waals surface area contributed by atoms with Crippen LogP contribution in [-0.4, -0.2) is 24.0 Å². The number of benzene rings is 1. The fourth-order valence-corrected chi connectivity index (χ4v) is 3.97. The van der Waals surface area contributed by atoms with Crippen LogP contribution >= 0.6 is 11.3 Å². The zero-order chi connectivity index (χ0) is 17.1. The molecule has 0 unspecified atom stereocenters. The predicted octanol–water partition coefficient (Wildman–Crippen LogP) is 4.43. The highest BCUT2D eigenvalue weighted by Gasteiger charge is 2.26. The van der Waals surface area contributed by atoms with Gasteiger partial charge in [0, 0.05) is 36.3 Å². The Kier molecular flexibility index (Phi) is 5.19. The van der Waals surface area contributed by atoms with E-state index in [1.807, 2.05) is 11.6 Å². The third kappa shape index (κ3) is 3.61. The standard InChI is InChI=1S/C19H25N3OS/c1-13(2)16-6-4-5-14(3)17(16)21-18(23)15-7-10-22(11-8-15)19-20-9-12-24-19/h4-6,9,12-13,15H,7-8,10-11H2,1-3H3,(H,21,23). The fourth-order valence-electron chi connectivity index (χ4n) is 3.27. The minimum Gasteiger partial charge on any atom is -0.348 e. The van der Waals surface area contributed by atoms with Crippen molar-refractivity contribution in [3.8, 4) is 0 Å². The van der Waals surface area contributed by atoms with Crippen molar-refractivity contribution >= 4 is 28.1 Å². The molecule has 0 atom stereocenters. The van der Waals surface area contributed by atoms with Gasteiger partial charge in [-0.2, -0.15) is 0 Å². The molecular weight excluding hydrogens is 318 g/mol. The second-order valence-electron chi connectivity index (χ2n) is 6.76. The molecule has 4 nitrogen and oxygen atoms in total. The predicted molar refractivity (Wildman–Crippen MR) is 101 cm³/mol. The van der Waals surface area contributed by atoms with Crippen molar-refractivity contribution in [2.24, 2.45) is 5.92 Å². The van der Waals surface area contributed by atoms with Crippen LogP contribution in [0.4, 0.5) is 10.8 Å². The molecule has 1 fully saturated rings. The lowest BCUT2D eigenvalue weighted by atomic mass is 9.94. The molecule has 3 rings (SSSR count). The summed E-state index contributed by atoms with van der Waals surface area (Å²) in [4.78, 5) is 19.4. The van der Waals surface area contributed by atoms with Gasteiger partial charge >= 0.3 is 0 Å². The number of hydrogen-bond acceptors (Lipinski definition) is 4. The summed E-state index contributed by atoms with van der Waals surface area (Å²) in [6.07, 6.45) is 3.60. The Bertz CT molecular complexity index is 689. The van der Waals surface area contributed by atoms with Gasteiger partial charge in [-0.3, -0.25) is 4.79 Å². The van der Waals surface area contributed by atoms with E-state index in [-0.39, 0.29) is 11.8 Å². The number of carbonyl (C=O) groups excluding carboxylic acids is 1. The average molecular weight is 343 g/mol. The van der Waals surface area contributed by atoms with E-state index in [4.69, 9.17) is 0 Å². The lowest BCUT2D eigenvalue weighted by molar-refractivity contribution is -0.120. The van der Waals surface area contributed by atoms with Crippen LogP contribution in [0.3, 0.4) is 0 Å². The van der Waals surface area contributed by atoms with Gasteiger partial charge in [0.25, 0.3) is 0 Å². The quantitative estimate of drug-likeness (QED) is 0.893. The van der Waals surface area contributed by atoms with E-state index in [2.05, 4.69) is 54.2 Å². The Morgan fingerprint density at radius 1 is 1.33 bits per heavy atom. The maximum atomic E-state index is 12.7. The number of rotatable bonds is 4. The van der Waals surface area contributed by atoms with E-state index in [0.29, 0.717) is 5.92 Å². The number of aryl methyl sites for hydroxylation is 1. The number of aromatic nitrogens is 1. The molecule has 0 saturated carbocycles. The van der Waals surface area contributed by atoms with Crippen molar-refractivity contribution in [1.29, 1.82) is 0 Å². The van der Waals surface area contributed by atoms with Crippen LogP contribution in [0.1, 0.15) is 43.7 Å². The molecule has 1 N–H and O–H groups in total. The van der Waals surface area contributed by atoms with Crippen molar-refractivity contribution in [1.82, 2.24) is 4.98 Å². The molecule has 24 heavy (non-hydrogen) atoms. The molecule has 1 aromatic heterocycles. The number of piperidine rings is 1. The third-order valence-corrected chi connectivity index (χ3v) is 5.56. The minimum atomic E-state index is 0.0841. The third-order valence-electron chi connectivity index (χ3n) is 4.73. The summed E-state index contributed by atoms with van der Waals surface area (Å²) in [7, 11) is 0. The molecule has 0 radical (unpaired) electrons. The number of para-hydroxylation sites is 1. The van der Waals surface area contributed by atoms with Crippen LogP contribution < -0.4 is 10.2 Å². The Hall–Kier alpha value is -1.88. The van der Waals surface area contributed by atoms with Gasteiger partial charge in [-0.15, -0.1) is 11.3 Å². The highest BCUT2D eigenvalue weighted by Crippen LogP contribution is 2.30. The van der Waals surface area contributed by atoms with Crippen LogP contribution in [0.25, 0.3) is 0 Å². The first-order valence-corrected chi connectivity index (χ1v) is 9.49. The largest absolute Gasteiger partial charge is 0.348 e. The van der Waals surface area contributed by atoms with Crippen LogP contribution in [0.5, 0.6) is 0 Å². The molecule has 0 aliphatic carbocycles. The molecule has 1 saturated heterocycles. The minimum absolute atomic E-state index is 0.0841. The van der Waals surface area contributed by atoms with Crippen molar-refractivity contribution in [3.05, 3.63) is 40.9 Å². The summed E-state index contributed by atoms with van der Waals surface area (Å²) in [5.74, 6) is 0.637. The average Bonchev–Trinajstić information content (AvgIpc) is 3.11. The molecule has 1 aliphatic heterocycles. The maximum Gasteiger partial charge on any atom is 0.227 e. The molecule has 128 valence electrons. The van der Waals surface area contributed by atoms with Crippen molar-refractivity contribution < 1.29 is 4.79 Å². The van der Waals surface area contributed by atoms with E-state index in [0.717, 1.165) is 42.3 Å². The van der Waals surface area contributed by atoms with Crippen molar-refractivity contribution in [3.63, 3.8) is 0 Å². The number of nitrogens with one attached hydrogen (secondary N) is 1. The van der Waals surface area contributed by atoms with Gasteiger partial charge in [0.05, 0.1) is 0 Å². The Balaban J connectivity index is 1.65. The monoisotopic (exact) mass is 343 g/mol. The van der Waals surface area contributed by atoms with E-state index in [9.17, 15) is 4.79 Å². The Morgan fingerprint density at radius 3 is 2.71 bits per heavy atom. The molecular formula is C19H25N3OS. The smallest absolute Gasteiger partial charge is 0.227 e. The lowest BCUT2D eigenvalue weighted by Gasteiger charge is -2.31. The highest BCUT2D eigenvalue weighted by molar-refractivity contribution is 7.13. The van der Waals surface area contributed by atoms with Gasteiger partial charge in [0.2, 0.25) is 5.91 Å². The topological polar surface area (TPSA) is 45.2 Å². The van der Waals surface area contributed by atoms with Crippen LogP contribution in [0.15, 0.2) is 29.8 Å². The molecule has 1 aliphatic rings. The SMILES string of the molecule is Cc1cccc(C(C)C)c1NC(=O)C1CCN(c2nccs2)CC1. The zero-order valence-corrected chi connectivity index (χ0v) is 15.4. The summed E-state index contributed by atoms with van der Waals surface area (Å²) in [5.41, 5.74) is 3.35. The second kappa shape index (κ2) is 7.34. The first-order chi connectivity index (χ1) is 11.6. The number of anilines is 2. The van der Waals surface area contributed by atoms with Crippen molar-refractivity contribution in [2.45, 2.75) is 39.5 Å². The van der Waals surface area contributed by atoms with Gasteiger partial charge in [-0.1, -0.05) is 32.0 Å². The molecule has 0 spiro atoms. The lowest BCUT2D eigenvalue weighted by Crippen LogP contribution is -2.38. The summed E-state index contributed by atoms with van der Waals surface area (Å²) >= 11 is 1.66. The molecule has 0 bridgehead atoms. The fraction of sp³-hybridized carbons (Fsp3) is 0.474. The first-order valence-electron chi connectivity index (χ1n) is 8.61. The van der Waals surface area contributed by atoms with Gasteiger partial charge in [0.1, 0.15) is 0 Å². The Morgan fingerprint density at radius 2 is 2.08 bits per heavy atom.